The quantitative estimate of drug-likeness (QED) is 0.190. The van der Waals surface area contributed by atoms with E-state index in [4.69, 9.17) is 22.8 Å². The average Bonchev–Trinajstić information content (AvgIpc) is 2.35. The molecule has 0 aliphatic heterocycles. The van der Waals surface area contributed by atoms with Crippen molar-refractivity contribution in [3.05, 3.63) is 12.2 Å². The molecule has 6 nitrogen and oxygen atoms in total. The highest BCUT2D eigenvalue weighted by molar-refractivity contribution is 6.60. The van der Waals surface area contributed by atoms with E-state index in [1.54, 1.807) is 6.92 Å². The monoisotopic (exact) mass is 292 g/mol. The van der Waals surface area contributed by atoms with Crippen LogP contribution in [0.4, 0.5) is 0 Å². The molecule has 0 aliphatic rings. The summed E-state index contributed by atoms with van der Waals surface area (Å²) in [4.78, 5) is 11.2. The normalized spacial score (nSPS) is 11.4. The summed E-state index contributed by atoms with van der Waals surface area (Å²) in [6.45, 7) is 11.9. The molecule has 0 fully saturated rings. The molecule has 0 amide bonds. The largest absolute Gasteiger partial charge is 0.528 e. The Bertz CT molecular complexity index is 264. The van der Waals surface area contributed by atoms with Gasteiger partial charge < -0.3 is 22.8 Å². The minimum atomic E-state index is -2.83. The van der Waals surface area contributed by atoms with Crippen LogP contribution in [0.5, 0.6) is 0 Å². The molecular weight excluding hydrogens is 268 g/mol. The first-order valence-electron chi connectivity index (χ1n) is 6.33. The molecule has 0 spiro atoms. The van der Waals surface area contributed by atoms with E-state index in [9.17, 15) is 4.79 Å². The summed E-state index contributed by atoms with van der Waals surface area (Å²) in [6, 6.07) is 0. The van der Waals surface area contributed by atoms with Gasteiger partial charge in [0.2, 0.25) is 0 Å². The number of ether oxygens (including phenoxy) is 2. The van der Waals surface area contributed by atoms with Crippen molar-refractivity contribution in [3.63, 3.8) is 0 Å². The SMILES string of the molecule is C=C(C)C(=O)OCOC[Si](OCC)(OCC)OCC. The molecule has 0 aromatic rings. The van der Waals surface area contributed by atoms with Crippen molar-refractivity contribution in [3.8, 4) is 0 Å². The first-order valence-corrected chi connectivity index (χ1v) is 8.26. The van der Waals surface area contributed by atoms with Crippen molar-refractivity contribution in [2.45, 2.75) is 27.7 Å². The lowest BCUT2D eigenvalue weighted by Gasteiger charge is -2.27. The highest BCUT2D eigenvalue weighted by Gasteiger charge is 2.41. The van der Waals surface area contributed by atoms with Gasteiger partial charge in [-0.15, -0.1) is 0 Å². The fraction of sp³-hybridized carbons (Fsp3) is 0.750. The smallest absolute Gasteiger partial charge is 0.435 e. The second kappa shape index (κ2) is 10.1. The Hall–Kier alpha value is -0.733. The molecule has 0 radical (unpaired) electrons. The van der Waals surface area contributed by atoms with Gasteiger partial charge in [0.05, 0.1) is 0 Å². The van der Waals surface area contributed by atoms with E-state index in [2.05, 4.69) is 6.58 Å². The van der Waals surface area contributed by atoms with Crippen LogP contribution in [0.25, 0.3) is 0 Å². The lowest BCUT2D eigenvalue weighted by Crippen LogP contribution is -2.51. The van der Waals surface area contributed by atoms with Gasteiger partial charge in [0.1, 0.15) is 6.23 Å². The summed E-state index contributed by atoms with van der Waals surface area (Å²) < 4.78 is 26.8. The summed E-state index contributed by atoms with van der Waals surface area (Å²) in [7, 11) is -2.83. The van der Waals surface area contributed by atoms with E-state index in [0.29, 0.717) is 25.4 Å². The molecule has 0 rings (SSSR count). The van der Waals surface area contributed by atoms with Crippen LogP contribution in [0, 0.1) is 0 Å². The molecule has 0 saturated heterocycles. The van der Waals surface area contributed by atoms with Crippen molar-refractivity contribution < 1.29 is 27.5 Å². The number of hydrogen-bond acceptors (Lipinski definition) is 6. The second-order valence-corrected chi connectivity index (χ2v) is 6.18. The Labute approximate surface area is 116 Å². The number of rotatable bonds is 11. The molecule has 0 bridgehead atoms. The Kier molecular flexibility index (Phi) is 9.71. The third-order valence-electron chi connectivity index (χ3n) is 1.99. The minimum Gasteiger partial charge on any atom is -0.435 e. The van der Waals surface area contributed by atoms with Gasteiger partial charge in [-0.25, -0.2) is 4.79 Å². The van der Waals surface area contributed by atoms with Crippen LogP contribution in [0.3, 0.4) is 0 Å². The summed E-state index contributed by atoms with van der Waals surface area (Å²) in [5.74, 6) is -0.489. The van der Waals surface area contributed by atoms with Gasteiger partial charge in [0.15, 0.2) is 6.79 Å². The van der Waals surface area contributed by atoms with Crippen LogP contribution in [0.1, 0.15) is 27.7 Å². The van der Waals surface area contributed by atoms with Crippen LogP contribution in [0.2, 0.25) is 0 Å². The fourth-order valence-corrected chi connectivity index (χ4v) is 3.45. The van der Waals surface area contributed by atoms with Gasteiger partial charge in [-0.05, 0) is 27.7 Å². The molecule has 112 valence electrons. The molecule has 0 N–H and O–H groups in total. The minimum absolute atomic E-state index is 0.145. The standard InChI is InChI=1S/C12H24O6Si/c1-6-16-19(17-7-2,18-8-3)10-14-9-15-12(13)11(4)5/h4,6-10H2,1-3,5H3. The van der Waals surface area contributed by atoms with Crippen molar-refractivity contribution in [2.75, 3.05) is 32.8 Å². The third-order valence-corrected chi connectivity index (χ3v) is 4.74. The van der Waals surface area contributed by atoms with Crippen LogP contribution < -0.4 is 0 Å². The zero-order chi connectivity index (χ0) is 14.7. The first-order chi connectivity index (χ1) is 9.01. The van der Waals surface area contributed by atoms with E-state index in [-0.39, 0.29) is 13.0 Å². The zero-order valence-electron chi connectivity index (χ0n) is 12.2. The van der Waals surface area contributed by atoms with E-state index in [0.717, 1.165) is 0 Å². The van der Waals surface area contributed by atoms with Crippen molar-refractivity contribution in [1.29, 1.82) is 0 Å². The molecule has 0 atom stereocenters. The average molecular weight is 292 g/mol. The van der Waals surface area contributed by atoms with Gasteiger partial charge in [0.25, 0.3) is 0 Å². The molecule has 0 aliphatic carbocycles. The summed E-state index contributed by atoms with van der Waals surface area (Å²) in [5.41, 5.74) is 0.325. The Morgan fingerprint density at radius 3 is 1.89 bits per heavy atom. The van der Waals surface area contributed by atoms with E-state index in [1.165, 1.54) is 0 Å². The van der Waals surface area contributed by atoms with Crippen molar-refractivity contribution in [2.24, 2.45) is 0 Å². The highest BCUT2D eigenvalue weighted by Crippen LogP contribution is 2.10. The maximum absolute atomic E-state index is 11.2. The maximum Gasteiger partial charge on any atom is 0.528 e. The predicted molar refractivity (Wildman–Crippen MR) is 72.4 cm³/mol. The predicted octanol–water partition coefficient (Wildman–Crippen LogP) is 1.67. The molecule has 0 aromatic carbocycles. The molecule has 0 saturated carbocycles. The number of carbonyl (C=O) groups is 1. The highest BCUT2D eigenvalue weighted by atomic mass is 28.4. The lowest BCUT2D eigenvalue weighted by molar-refractivity contribution is -0.151. The molecule has 0 heterocycles. The summed E-state index contributed by atoms with van der Waals surface area (Å²) >= 11 is 0. The zero-order valence-corrected chi connectivity index (χ0v) is 13.2. The second-order valence-electron chi connectivity index (χ2n) is 3.66. The van der Waals surface area contributed by atoms with Gasteiger partial charge >= 0.3 is 14.8 Å². The van der Waals surface area contributed by atoms with Crippen LogP contribution in [-0.4, -0.2) is 47.6 Å². The number of hydrogen-bond donors (Lipinski definition) is 0. The summed E-state index contributed by atoms with van der Waals surface area (Å²) in [5, 5.41) is 0. The molecule has 0 aromatic heterocycles. The topological polar surface area (TPSA) is 63.2 Å². The Morgan fingerprint density at radius 2 is 1.53 bits per heavy atom. The Balaban J connectivity index is 4.24. The number of carbonyl (C=O) groups excluding carboxylic acids is 1. The van der Waals surface area contributed by atoms with Crippen molar-refractivity contribution >= 4 is 14.8 Å². The summed E-state index contributed by atoms with van der Waals surface area (Å²) in [6.07, 6.45) is 0.145. The van der Waals surface area contributed by atoms with Crippen LogP contribution in [-0.2, 0) is 27.5 Å². The van der Waals surface area contributed by atoms with Gasteiger partial charge in [-0.2, -0.15) is 0 Å². The van der Waals surface area contributed by atoms with Crippen molar-refractivity contribution in [1.82, 2.24) is 0 Å². The molecule has 19 heavy (non-hydrogen) atoms. The van der Waals surface area contributed by atoms with Crippen LogP contribution >= 0.6 is 0 Å². The van der Waals surface area contributed by atoms with Gasteiger partial charge in [0, 0.05) is 25.4 Å². The lowest BCUT2D eigenvalue weighted by atomic mass is 10.4. The first kappa shape index (κ1) is 18.3. The molecule has 0 unspecified atom stereocenters. The van der Waals surface area contributed by atoms with E-state index in [1.807, 2.05) is 20.8 Å². The van der Waals surface area contributed by atoms with E-state index < -0.39 is 14.8 Å². The Morgan fingerprint density at radius 1 is 1.05 bits per heavy atom. The third kappa shape index (κ3) is 7.43. The number of esters is 1. The molecular formula is C12H24O6Si. The molecule has 7 heteroatoms. The van der Waals surface area contributed by atoms with Gasteiger partial charge in [-0.3, -0.25) is 0 Å². The van der Waals surface area contributed by atoms with E-state index >= 15 is 0 Å². The fourth-order valence-electron chi connectivity index (χ4n) is 1.29. The van der Waals surface area contributed by atoms with Gasteiger partial charge in [-0.1, -0.05) is 6.58 Å². The maximum atomic E-state index is 11.2. The van der Waals surface area contributed by atoms with Crippen LogP contribution in [0.15, 0.2) is 12.2 Å².